The Morgan fingerprint density at radius 1 is 1.33 bits per heavy atom. The number of hydrogen-bond donors (Lipinski definition) is 2. The topological polar surface area (TPSA) is 73.1 Å². The van der Waals surface area contributed by atoms with E-state index in [1.165, 1.54) is 7.11 Å². The van der Waals surface area contributed by atoms with E-state index in [2.05, 4.69) is 15.3 Å². The second-order valence-corrected chi connectivity index (χ2v) is 4.31. The third kappa shape index (κ3) is 4.02. The van der Waals surface area contributed by atoms with E-state index in [-0.39, 0.29) is 12.4 Å². The Hall–Kier alpha value is -1.57. The van der Waals surface area contributed by atoms with Gasteiger partial charge in [0.1, 0.15) is 5.82 Å². The minimum absolute atomic E-state index is 0.0138. The zero-order valence-electron chi connectivity index (χ0n) is 10.3. The molecule has 3 N–H and O–H groups in total. The molecule has 0 aliphatic carbocycles. The fraction of sp³-hybridized carbons (Fsp3) is 0.600. The van der Waals surface area contributed by atoms with E-state index in [0.717, 1.165) is 6.07 Å². The van der Waals surface area contributed by atoms with Crippen molar-refractivity contribution >= 4 is 11.8 Å². The molecular formula is C10H15F3N4O. The average Bonchev–Trinajstić information content (AvgIpc) is 2.25. The number of nitrogens with zero attached hydrogens (tertiary/aromatic N) is 2. The van der Waals surface area contributed by atoms with Gasteiger partial charge >= 0.3 is 6.18 Å². The number of hydrogen-bond acceptors (Lipinski definition) is 5. The Kier molecular flexibility index (Phi) is 4.00. The molecule has 8 heteroatoms. The normalized spacial score (nSPS) is 12.6. The minimum Gasteiger partial charge on any atom is -0.377 e. The maximum absolute atomic E-state index is 12.5. The summed E-state index contributed by atoms with van der Waals surface area (Å²) in [5, 5.41) is 2.73. The maximum Gasteiger partial charge on any atom is 0.433 e. The number of halogens is 3. The highest BCUT2D eigenvalue weighted by Gasteiger charge is 2.33. The van der Waals surface area contributed by atoms with Crippen molar-refractivity contribution in [2.24, 2.45) is 0 Å². The number of nitrogens with two attached hydrogens (primary N) is 1. The lowest BCUT2D eigenvalue weighted by atomic mass is 10.1. The molecule has 0 aliphatic heterocycles. The summed E-state index contributed by atoms with van der Waals surface area (Å²) in [7, 11) is 1.51. The Morgan fingerprint density at radius 3 is 2.44 bits per heavy atom. The highest BCUT2D eigenvalue weighted by Crippen LogP contribution is 2.29. The second kappa shape index (κ2) is 4.97. The first kappa shape index (κ1) is 14.5. The van der Waals surface area contributed by atoms with Gasteiger partial charge in [0, 0.05) is 19.7 Å². The van der Waals surface area contributed by atoms with Gasteiger partial charge in [-0.05, 0) is 13.8 Å². The van der Waals surface area contributed by atoms with Crippen molar-refractivity contribution in [3.8, 4) is 0 Å². The van der Waals surface area contributed by atoms with Crippen LogP contribution in [0.3, 0.4) is 0 Å². The van der Waals surface area contributed by atoms with E-state index in [1.54, 1.807) is 13.8 Å². The van der Waals surface area contributed by atoms with Crippen LogP contribution >= 0.6 is 0 Å². The number of anilines is 2. The molecular weight excluding hydrogens is 249 g/mol. The first-order chi connectivity index (χ1) is 8.14. The molecule has 1 heterocycles. The smallest absolute Gasteiger partial charge is 0.377 e. The van der Waals surface area contributed by atoms with Gasteiger partial charge in [0.2, 0.25) is 5.95 Å². The van der Waals surface area contributed by atoms with Crippen LogP contribution in [0.2, 0.25) is 0 Å². The molecule has 0 amide bonds. The number of aromatic nitrogens is 2. The summed E-state index contributed by atoms with van der Waals surface area (Å²) >= 11 is 0. The maximum atomic E-state index is 12.5. The van der Waals surface area contributed by atoms with Gasteiger partial charge in [-0.1, -0.05) is 0 Å². The van der Waals surface area contributed by atoms with Crippen molar-refractivity contribution in [3.63, 3.8) is 0 Å². The molecule has 102 valence electrons. The van der Waals surface area contributed by atoms with Crippen LogP contribution in [0.15, 0.2) is 6.07 Å². The summed E-state index contributed by atoms with van der Waals surface area (Å²) in [6, 6.07) is 0.808. The van der Waals surface area contributed by atoms with Gasteiger partial charge in [-0.15, -0.1) is 0 Å². The molecule has 0 fully saturated rings. The third-order valence-corrected chi connectivity index (χ3v) is 2.28. The number of rotatable bonds is 4. The van der Waals surface area contributed by atoms with Gasteiger partial charge in [-0.3, -0.25) is 0 Å². The Balaban J connectivity index is 2.88. The molecule has 18 heavy (non-hydrogen) atoms. The van der Waals surface area contributed by atoms with Crippen LogP contribution in [0.1, 0.15) is 19.5 Å². The summed E-state index contributed by atoms with van der Waals surface area (Å²) in [6.07, 6.45) is -4.55. The highest BCUT2D eigenvalue weighted by molar-refractivity contribution is 5.41. The van der Waals surface area contributed by atoms with E-state index in [1.807, 2.05) is 0 Å². The summed E-state index contributed by atoms with van der Waals surface area (Å²) in [6.45, 7) is 3.86. The predicted octanol–water partition coefficient (Wildman–Crippen LogP) is 1.91. The van der Waals surface area contributed by atoms with Crippen LogP contribution in [0.5, 0.6) is 0 Å². The van der Waals surface area contributed by atoms with Crippen LogP contribution in [0.4, 0.5) is 24.9 Å². The lowest BCUT2D eigenvalue weighted by Crippen LogP contribution is -2.32. The fourth-order valence-electron chi connectivity index (χ4n) is 1.08. The lowest BCUT2D eigenvalue weighted by Gasteiger charge is -2.23. The quantitative estimate of drug-likeness (QED) is 0.869. The first-order valence-electron chi connectivity index (χ1n) is 5.15. The van der Waals surface area contributed by atoms with Crippen LogP contribution in [-0.4, -0.2) is 29.2 Å². The molecule has 1 rings (SSSR count). The summed E-state index contributed by atoms with van der Waals surface area (Å²) in [5.74, 6) is -0.414. The van der Waals surface area contributed by atoms with E-state index in [0.29, 0.717) is 0 Å². The molecule has 1 aromatic rings. The predicted molar refractivity (Wildman–Crippen MR) is 61.0 cm³/mol. The molecule has 1 aromatic heterocycles. The molecule has 0 radical (unpaired) electrons. The Labute approximate surface area is 103 Å². The van der Waals surface area contributed by atoms with E-state index < -0.39 is 23.4 Å². The molecule has 5 nitrogen and oxygen atoms in total. The zero-order valence-corrected chi connectivity index (χ0v) is 10.3. The van der Waals surface area contributed by atoms with Crippen molar-refractivity contribution < 1.29 is 17.9 Å². The second-order valence-electron chi connectivity index (χ2n) is 4.31. The van der Waals surface area contributed by atoms with Gasteiger partial charge < -0.3 is 15.8 Å². The van der Waals surface area contributed by atoms with Gasteiger partial charge in [0.05, 0.1) is 5.60 Å². The summed E-state index contributed by atoms with van der Waals surface area (Å²) in [5.41, 5.74) is 3.63. The third-order valence-electron chi connectivity index (χ3n) is 2.28. The monoisotopic (exact) mass is 264 g/mol. The van der Waals surface area contributed by atoms with Crippen molar-refractivity contribution in [1.29, 1.82) is 0 Å². The van der Waals surface area contributed by atoms with E-state index >= 15 is 0 Å². The summed E-state index contributed by atoms with van der Waals surface area (Å²) < 4.78 is 42.6. The SMILES string of the molecule is COC(C)(C)CNc1cc(C(F)(F)F)nc(N)n1. The molecule has 0 saturated heterocycles. The molecule has 0 unspecified atom stereocenters. The highest BCUT2D eigenvalue weighted by atomic mass is 19.4. The van der Waals surface area contributed by atoms with Gasteiger partial charge in [0.15, 0.2) is 5.69 Å². The minimum atomic E-state index is -4.55. The molecule has 0 aromatic carbocycles. The Bertz CT molecular complexity index is 420. The van der Waals surface area contributed by atoms with Crippen molar-refractivity contribution in [3.05, 3.63) is 11.8 Å². The number of nitrogens with one attached hydrogen (secondary N) is 1. The number of methoxy groups -OCH3 is 1. The van der Waals surface area contributed by atoms with Crippen LogP contribution in [0, 0.1) is 0 Å². The first-order valence-corrected chi connectivity index (χ1v) is 5.15. The Morgan fingerprint density at radius 2 is 1.94 bits per heavy atom. The number of alkyl halides is 3. The lowest BCUT2D eigenvalue weighted by molar-refractivity contribution is -0.141. The van der Waals surface area contributed by atoms with Crippen molar-refractivity contribution in [2.75, 3.05) is 24.7 Å². The van der Waals surface area contributed by atoms with Crippen molar-refractivity contribution in [1.82, 2.24) is 9.97 Å². The van der Waals surface area contributed by atoms with E-state index in [4.69, 9.17) is 10.5 Å². The van der Waals surface area contributed by atoms with Crippen LogP contribution in [-0.2, 0) is 10.9 Å². The number of ether oxygens (including phenoxy) is 1. The zero-order chi connectivity index (χ0) is 14.0. The van der Waals surface area contributed by atoms with Gasteiger partial charge in [-0.2, -0.15) is 18.2 Å². The van der Waals surface area contributed by atoms with Crippen molar-refractivity contribution in [2.45, 2.75) is 25.6 Å². The van der Waals surface area contributed by atoms with Crippen LogP contribution in [0.25, 0.3) is 0 Å². The summed E-state index contributed by atoms with van der Waals surface area (Å²) in [4.78, 5) is 6.82. The molecule has 0 spiro atoms. The fourth-order valence-corrected chi connectivity index (χ4v) is 1.08. The standard InChI is InChI=1S/C10H15F3N4O/c1-9(2,18-3)5-15-7-4-6(10(11,12)13)16-8(14)17-7/h4H,5H2,1-3H3,(H3,14,15,16,17). The van der Waals surface area contributed by atoms with Crippen LogP contribution < -0.4 is 11.1 Å². The molecule has 0 saturated carbocycles. The van der Waals surface area contributed by atoms with Gasteiger partial charge in [-0.25, -0.2) is 4.98 Å². The largest absolute Gasteiger partial charge is 0.433 e. The number of nitrogen functional groups attached to an aromatic ring is 1. The average molecular weight is 264 g/mol. The van der Waals surface area contributed by atoms with E-state index in [9.17, 15) is 13.2 Å². The molecule has 0 bridgehead atoms. The van der Waals surface area contributed by atoms with Gasteiger partial charge in [0.25, 0.3) is 0 Å². The molecule has 0 atom stereocenters. The molecule has 0 aliphatic rings.